The van der Waals surface area contributed by atoms with E-state index >= 15 is 0 Å². The van der Waals surface area contributed by atoms with Crippen molar-refractivity contribution in [2.45, 2.75) is 32.9 Å². The molecule has 1 saturated heterocycles. The third kappa shape index (κ3) is 4.78. The summed E-state index contributed by atoms with van der Waals surface area (Å²) >= 11 is 3.51. The SMILES string of the molecule is CC(C)CN1CCN(C(c2ccc(Br)cc2)C(C)N)CC1. The van der Waals surface area contributed by atoms with Crippen molar-refractivity contribution in [1.29, 1.82) is 0 Å². The minimum Gasteiger partial charge on any atom is -0.326 e. The van der Waals surface area contributed by atoms with E-state index in [-0.39, 0.29) is 6.04 Å². The first-order valence-electron chi connectivity index (χ1n) is 7.95. The van der Waals surface area contributed by atoms with Crippen LogP contribution in [0.2, 0.25) is 0 Å². The highest BCUT2D eigenvalue weighted by molar-refractivity contribution is 9.10. The van der Waals surface area contributed by atoms with E-state index in [2.05, 4.69) is 70.8 Å². The molecule has 0 amide bonds. The van der Waals surface area contributed by atoms with Crippen LogP contribution >= 0.6 is 15.9 Å². The minimum atomic E-state index is 0.142. The third-order valence-corrected chi connectivity index (χ3v) is 4.66. The normalized spacial score (nSPS) is 20.7. The van der Waals surface area contributed by atoms with Crippen molar-refractivity contribution in [3.8, 4) is 0 Å². The molecule has 1 heterocycles. The Balaban J connectivity index is 2.02. The first-order valence-corrected chi connectivity index (χ1v) is 8.74. The highest BCUT2D eigenvalue weighted by Gasteiger charge is 2.27. The number of halogens is 1. The Labute approximate surface area is 137 Å². The van der Waals surface area contributed by atoms with E-state index in [1.807, 2.05) is 0 Å². The van der Waals surface area contributed by atoms with Gasteiger partial charge in [0.1, 0.15) is 0 Å². The first kappa shape index (κ1) is 16.9. The minimum absolute atomic E-state index is 0.142. The van der Waals surface area contributed by atoms with Crippen molar-refractivity contribution < 1.29 is 0 Å². The molecule has 2 rings (SSSR count). The molecule has 0 bridgehead atoms. The van der Waals surface area contributed by atoms with E-state index in [9.17, 15) is 0 Å². The Morgan fingerprint density at radius 3 is 2.10 bits per heavy atom. The standard InChI is InChI=1S/C17H28BrN3/c1-13(2)12-20-8-10-21(11-9-20)17(14(3)19)15-4-6-16(18)7-5-15/h4-7,13-14,17H,8-12,19H2,1-3H3. The molecule has 3 nitrogen and oxygen atoms in total. The number of rotatable bonds is 5. The van der Waals surface area contributed by atoms with Crippen LogP contribution < -0.4 is 5.73 Å². The smallest absolute Gasteiger partial charge is 0.0497 e. The van der Waals surface area contributed by atoms with Crippen molar-refractivity contribution >= 4 is 15.9 Å². The number of hydrogen-bond donors (Lipinski definition) is 1. The van der Waals surface area contributed by atoms with Crippen LogP contribution in [0.3, 0.4) is 0 Å². The highest BCUT2D eigenvalue weighted by atomic mass is 79.9. The van der Waals surface area contributed by atoms with Gasteiger partial charge in [0.25, 0.3) is 0 Å². The van der Waals surface area contributed by atoms with Crippen molar-refractivity contribution in [3.05, 3.63) is 34.3 Å². The van der Waals surface area contributed by atoms with Gasteiger partial charge in [-0.05, 0) is 30.5 Å². The van der Waals surface area contributed by atoms with E-state index in [1.165, 1.54) is 12.1 Å². The molecule has 0 radical (unpaired) electrons. The lowest BCUT2D eigenvalue weighted by Gasteiger charge is -2.41. The van der Waals surface area contributed by atoms with Gasteiger partial charge in [0.15, 0.2) is 0 Å². The maximum Gasteiger partial charge on any atom is 0.0497 e. The summed E-state index contributed by atoms with van der Waals surface area (Å²) in [6.45, 7) is 12.4. The molecule has 2 atom stereocenters. The van der Waals surface area contributed by atoms with Crippen LogP contribution in [0.15, 0.2) is 28.7 Å². The second-order valence-electron chi connectivity index (χ2n) is 6.59. The lowest BCUT2D eigenvalue weighted by molar-refractivity contribution is 0.0805. The molecule has 1 aliphatic rings. The molecule has 0 spiro atoms. The van der Waals surface area contributed by atoms with Gasteiger partial charge >= 0.3 is 0 Å². The first-order chi connectivity index (χ1) is 9.97. The summed E-state index contributed by atoms with van der Waals surface area (Å²) in [5, 5.41) is 0. The largest absolute Gasteiger partial charge is 0.326 e. The van der Waals surface area contributed by atoms with Crippen molar-refractivity contribution in [3.63, 3.8) is 0 Å². The summed E-state index contributed by atoms with van der Waals surface area (Å²) in [6, 6.07) is 9.07. The maximum atomic E-state index is 6.29. The molecule has 1 aromatic carbocycles. The Morgan fingerprint density at radius 2 is 1.62 bits per heavy atom. The van der Waals surface area contributed by atoms with Gasteiger partial charge in [-0.25, -0.2) is 0 Å². The zero-order chi connectivity index (χ0) is 15.4. The Kier molecular flexibility index (Phi) is 6.23. The van der Waals surface area contributed by atoms with Crippen molar-refractivity contribution in [2.24, 2.45) is 11.7 Å². The van der Waals surface area contributed by atoms with E-state index in [0.29, 0.717) is 6.04 Å². The monoisotopic (exact) mass is 353 g/mol. The summed E-state index contributed by atoms with van der Waals surface area (Å²) in [5.41, 5.74) is 7.61. The second-order valence-corrected chi connectivity index (χ2v) is 7.50. The van der Waals surface area contributed by atoms with Gasteiger partial charge in [0.2, 0.25) is 0 Å². The van der Waals surface area contributed by atoms with Crippen LogP contribution in [0.1, 0.15) is 32.4 Å². The van der Waals surface area contributed by atoms with Gasteiger partial charge in [-0.15, -0.1) is 0 Å². The topological polar surface area (TPSA) is 32.5 Å². The third-order valence-electron chi connectivity index (χ3n) is 4.13. The van der Waals surface area contributed by atoms with Crippen LogP contribution in [0.5, 0.6) is 0 Å². The highest BCUT2D eigenvalue weighted by Crippen LogP contribution is 2.26. The van der Waals surface area contributed by atoms with Gasteiger partial charge < -0.3 is 10.6 Å². The molecule has 118 valence electrons. The molecule has 4 heteroatoms. The molecule has 1 fully saturated rings. The van der Waals surface area contributed by atoms with Gasteiger partial charge in [-0.3, -0.25) is 4.90 Å². The van der Waals surface area contributed by atoms with Gasteiger partial charge in [0, 0.05) is 49.3 Å². The van der Waals surface area contributed by atoms with Crippen molar-refractivity contribution in [1.82, 2.24) is 9.80 Å². The predicted octanol–water partition coefficient (Wildman–Crippen LogP) is 3.11. The zero-order valence-electron chi connectivity index (χ0n) is 13.4. The molecule has 2 N–H and O–H groups in total. The Morgan fingerprint density at radius 1 is 1.05 bits per heavy atom. The Hall–Kier alpha value is -0.420. The average molecular weight is 354 g/mol. The fourth-order valence-electron chi connectivity index (χ4n) is 3.25. The van der Waals surface area contributed by atoms with E-state index in [0.717, 1.165) is 36.6 Å². The van der Waals surface area contributed by atoms with Crippen LogP contribution in [0.25, 0.3) is 0 Å². The van der Waals surface area contributed by atoms with E-state index in [4.69, 9.17) is 5.73 Å². The number of piperazine rings is 1. The molecule has 0 saturated carbocycles. The number of benzene rings is 1. The average Bonchev–Trinajstić information content (AvgIpc) is 2.42. The van der Waals surface area contributed by atoms with Crippen molar-refractivity contribution in [2.75, 3.05) is 32.7 Å². The van der Waals surface area contributed by atoms with Crippen LogP contribution in [0, 0.1) is 5.92 Å². The number of hydrogen-bond acceptors (Lipinski definition) is 3. The summed E-state index contributed by atoms with van der Waals surface area (Å²) in [7, 11) is 0. The number of nitrogens with two attached hydrogens (primary N) is 1. The van der Waals surface area contributed by atoms with E-state index < -0.39 is 0 Å². The molecular formula is C17H28BrN3. The summed E-state index contributed by atoms with van der Waals surface area (Å²) in [5.74, 6) is 0.743. The molecule has 21 heavy (non-hydrogen) atoms. The van der Waals surface area contributed by atoms with Gasteiger partial charge in [-0.2, -0.15) is 0 Å². The lowest BCUT2D eigenvalue weighted by Crippen LogP contribution is -2.51. The summed E-state index contributed by atoms with van der Waals surface area (Å²) in [4.78, 5) is 5.12. The maximum absolute atomic E-state index is 6.29. The molecule has 0 aromatic heterocycles. The predicted molar refractivity (Wildman–Crippen MR) is 93.4 cm³/mol. The van der Waals surface area contributed by atoms with E-state index in [1.54, 1.807) is 0 Å². The second kappa shape index (κ2) is 7.73. The summed E-state index contributed by atoms with van der Waals surface area (Å²) < 4.78 is 1.12. The lowest BCUT2D eigenvalue weighted by atomic mass is 9.98. The molecule has 0 aliphatic carbocycles. The molecular weight excluding hydrogens is 326 g/mol. The zero-order valence-corrected chi connectivity index (χ0v) is 15.0. The quantitative estimate of drug-likeness (QED) is 0.882. The van der Waals surface area contributed by atoms with Gasteiger partial charge in [0.05, 0.1) is 0 Å². The van der Waals surface area contributed by atoms with Crippen LogP contribution in [-0.2, 0) is 0 Å². The van der Waals surface area contributed by atoms with Crippen LogP contribution in [-0.4, -0.2) is 48.6 Å². The molecule has 1 aromatic rings. The molecule has 2 unspecified atom stereocenters. The fourth-order valence-corrected chi connectivity index (χ4v) is 3.51. The number of nitrogens with zero attached hydrogens (tertiary/aromatic N) is 2. The summed E-state index contributed by atoms with van der Waals surface area (Å²) in [6.07, 6.45) is 0. The molecule has 1 aliphatic heterocycles. The Bertz CT molecular complexity index is 422. The fraction of sp³-hybridized carbons (Fsp3) is 0.647. The van der Waals surface area contributed by atoms with Crippen LogP contribution in [0.4, 0.5) is 0 Å². The van der Waals surface area contributed by atoms with Gasteiger partial charge in [-0.1, -0.05) is 41.9 Å².